The number of hydrogen-bond acceptors (Lipinski definition) is 3. The van der Waals surface area contributed by atoms with E-state index in [0.717, 1.165) is 5.56 Å². The minimum Gasteiger partial charge on any atom is -0.289 e. The Labute approximate surface area is 88.7 Å². The lowest BCUT2D eigenvalue weighted by molar-refractivity contribution is 0.104. The van der Waals surface area contributed by atoms with Crippen molar-refractivity contribution in [3.05, 3.63) is 45.7 Å². The van der Waals surface area contributed by atoms with Gasteiger partial charge in [-0.15, -0.1) is 25.3 Å². The predicted octanol–water partition coefficient (Wildman–Crippen LogP) is 2.88. The van der Waals surface area contributed by atoms with E-state index in [-0.39, 0.29) is 5.78 Å². The van der Waals surface area contributed by atoms with Crippen molar-refractivity contribution in [2.75, 3.05) is 0 Å². The summed E-state index contributed by atoms with van der Waals surface area (Å²) in [6.07, 6.45) is 1.39. The average molecular weight is 210 g/mol. The lowest BCUT2D eigenvalue weighted by atomic mass is 10.1. The van der Waals surface area contributed by atoms with Crippen molar-refractivity contribution in [3.8, 4) is 0 Å². The van der Waals surface area contributed by atoms with Crippen molar-refractivity contribution in [1.82, 2.24) is 0 Å². The molecule has 68 valence electrons. The first kappa shape index (κ1) is 10.4. The lowest BCUT2D eigenvalue weighted by Crippen LogP contribution is -1.93. The number of benzene rings is 1. The van der Waals surface area contributed by atoms with Gasteiger partial charge < -0.3 is 0 Å². The van der Waals surface area contributed by atoms with Crippen molar-refractivity contribution >= 4 is 31.0 Å². The van der Waals surface area contributed by atoms with Crippen LogP contribution in [0.4, 0.5) is 0 Å². The second kappa shape index (κ2) is 4.53. The Bertz CT molecular complexity index is 334. The molecule has 1 nitrogen and oxygen atoms in total. The highest BCUT2D eigenvalue weighted by Crippen LogP contribution is 2.09. The van der Waals surface area contributed by atoms with Gasteiger partial charge in [-0.05, 0) is 6.92 Å². The molecule has 0 aliphatic heterocycles. The summed E-state index contributed by atoms with van der Waals surface area (Å²) in [6, 6.07) is 7.38. The Morgan fingerprint density at radius 2 is 1.77 bits per heavy atom. The minimum atomic E-state index is -0.0694. The molecule has 0 saturated heterocycles. The number of hydrogen-bond donors (Lipinski definition) is 2. The molecule has 0 heterocycles. The van der Waals surface area contributed by atoms with Gasteiger partial charge in [0.05, 0.1) is 0 Å². The molecule has 0 saturated carbocycles. The minimum absolute atomic E-state index is 0.0694. The van der Waals surface area contributed by atoms with E-state index in [1.54, 1.807) is 12.1 Å². The second-order valence-corrected chi connectivity index (χ2v) is 4.05. The van der Waals surface area contributed by atoms with Crippen molar-refractivity contribution < 1.29 is 4.79 Å². The molecule has 0 amide bonds. The third-order valence-corrected chi connectivity index (χ3v) is 1.85. The van der Waals surface area contributed by atoms with Gasteiger partial charge in [-0.25, -0.2) is 0 Å². The molecule has 0 aliphatic carbocycles. The van der Waals surface area contributed by atoms with Gasteiger partial charge in [0.2, 0.25) is 0 Å². The van der Waals surface area contributed by atoms with Crippen LogP contribution in [0.25, 0.3) is 0 Å². The summed E-state index contributed by atoms with van der Waals surface area (Å²) in [5.74, 6) is -0.0694. The molecule has 0 bridgehead atoms. The molecule has 0 atom stereocenters. The quantitative estimate of drug-likeness (QED) is 0.436. The lowest BCUT2D eigenvalue weighted by Gasteiger charge is -1.96. The van der Waals surface area contributed by atoms with E-state index >= 15 is 0 Å². The third-order valence-electron chi connectivity index (χ3n) is 1.60. The zero-order valence-corrected chi connectivity index (χ0v) is 8.98. The van der Waals surface area contributed by atoms with Crippen LogP contribution in [0.2, 0.25) is 0 Å². The fourth-order valence-electron chi connectivity index (χ4n) is 0.918. The first-order valence-electron chi connectivity index (χ1n) is 3.80. The molecular formula is C10H10OS2. The Hall–Kier alpha value is -0.670. The van der Waals surface area contributed by atoms with Crippen molar-refractivity contribution in [1.29, 1.82) is 0 Å². The number of carbonyl (C=O) groups is 1. The predicted molar refractivity (Wildman–Crippen MR) is 61.6 cm³/mol. The maximum Gasteiger partial charge on any atom is 0.187 e. The molecule has 3 heteroatoms. The number of rotatable bonds is 2. The van der Waals surface area contributed by atoms with Crippen LogP contribution in [0.15, 0.2) is 34.6 Å². The van der Waals surface area contributed by atoms with E-state index in [4.69, 9.17) is 0 Å². The third kappa shape index (κ3) is 3.28. The fourth-order valence-corrected chi connectivity index (χ4v) is 1.15. The van der Waals surface area contributed by atoms with Gasteiger partial charge in [-0.1, -0.05) is 29.8 Å². The fraction of sp³-hybridized carbons (Fsp3) is 0.100. The molecule has 0 fully saturated rings. The molecular weight excluding hydrogens is 200 g/mol. The van der Waals surface area contributed by atoms with Crippen molar-refractivity contribution in [2.45, 2.75) is 6.92 Å². The molecule has 13 heavy (non-hydrogen) atoms. The Kier molecular flexibility index (Phi) is 3.63. The van der Waals surface area contributed by atoms with Gasteiger partial charge in [0, 0.05) is 15.9 Å². The molecule has 0 aliphatic rings. The SMILES string of the molecule is Cc1ccc(C(=O)C=C(S)S)cc1. The van der Waals surface area contributed by atoms with Gasteiger partial charge in [0.25, 0.3) is 0 Å². The van der Waals surface area contributed by atoms with Crippen molar-refractivity contribution in [3.63, 3.8) is 0 Å². The Balaban J connectivity index is 2.90. The summed E-state index contributed by atoms with van der Waals surface area (Å²) < 4.78 is 0.422. The van der Waals surface area contributed by atoms with Crippen LogP contribution in [-0.4, -0.2) is 5.78 Å². The van der Waals surface area contributed by atoms with Gasteiger partial charge in [0.15, 0.2) is 5.78 Å². The van der Waals surface area contributed by atoms with Gasteiger partial charge in [0.1, 0.15) is 0 Å². The highest BCUT2D eigenvalue weighted by Gasteiger charge is 2.00. The normalized spacial score (nSPS) is 9.46. The summed E-state index contributed by atoms with van der Waals surface area (Å²) in [5, 5.41) is 0. The number of ketones is 1. The topological polar surface area (TPSA) is 17.1 Å². The zero-order valence-electron chi connectivity index (χ0n) is 7.19. The van der Waals surface area contributed by atoms with Crippen LogP contribution in [0, 0.1) is 6.92 Å². The van der Waals surface area contributed by atoms with Crippen molar-refractivity contribution in [2.24, 2.45) is 0 Å². The number of allylic oxidation sites excluding steroid dienone is 1. The summed E-state index contributed by atoms with van der Waals surface area (Å²) >= 11 is 7.82. The van der Waals surface area contributed by atoms with E-state index in [1.807, 2.05) is 19.1 Å². The van der Waals surface area contributed by atoms with Crippen LogP contribution in [0.3, 0.4) is 0 Å². The van der Waals surface area contributed by atoms with Gasteiger partial charge in [-0.3, -0.25) is 4.79 Å². The first-order valence-corrected chi connectivity index (χ1v) is 4.69. The zero-order chi connectivity index (χ0) is 9.84. The summed E-state index contributed by atoms with van der Waals surface area (Å²) in [5.41, 5.74) is 1.80. The van der Waals surface area contributed by atoms with E-state index in [2.05, 4.69) is 25.3 Å². The van der Waals surface area contributed by atoms with Crippen LogP contribution in [0.5, 0.6) is 0 Å². The summed E-state index contributed by atoms with van der Waals surface area (Å²) in [7, 11) is 0. The molecule has 0 aromatic heterocycles. The van der Waals surface area contributed by atoms with Gasteiger partial charge in [-0.2, -0.15) is 0 Å². The van der Waals surface area contributed by atoms with Crippen LogP contribution < -0.4 is 0 Å². The van der Waals surface area contributed by atoms with Crippen LogP contribution in [0.1, 0.15) is 15.9 Å². The molecule has 1 rings (SSSR count). The largest absolute Gasteiger partial charge is 0.289 e. The molecule has 0 spiro atoms. The highest BCUT2D eigenvalue weighted by atomic mass is 32.2. The maximum absolute atomic E-state index is 11.4. The Morgan fingerprint density at radius 3 is 2.23 bits per heavy atom. The van der Waals surface area contributed by atoms with E-state index in [9.17, 15) is 4.79 Å². The van der Waals surface area contributed by atoms with E-state index in [0.29, 0.717) is 9.80 Å². The molecule has 0 radical (unpaired) electrons. The monoisotopic (exact) mass is 210 g/mol. The molecule has 1 aromatic rings. The highest BCUT2D eigenvalue weighted by molar-refractivity contribution is 8.05. The van der Waals surface area contributed by atoms with Crippen LogP contribution in [-0.2, 0) is 0 Å². The standard InChI is InChI=1S/C10H10OS2/c1-7-2-4-8(5-3-7)9(11)6-10(12)13/h2-6,12-13H,1H3. The Morgan fingerprint density at radius 1 is 1.23 bits per heavy atom. The smallest absolute Gasteiger partial charge is 0.187 e. The van der Waals surface area contributed by atoms with Crippen LogP contribution >= 0.6 is 25.3 Å². The van der Waals surface area contributed by atoms with E-state index in [1.165, 1.54) is 6.08 Å². The number of aryl methyl sites for hydroxylation is 1. The summed E-state index contributed by atoms with van der Waals surface area (Å²) in [4.78, 5) is 11.4. The van der Waals surface area contributed by atoms with Gasteiger partial charge >= 0.3 is 0 Å². The second-order valence-electron chi connectivity index (χ2n) is 2.73. The van der Waals surface area contributed by atoms with E-state index < -0.39 is 0 Å². The molecule has 0 N–H and O–H groups in total. The molecule has 0 unspecified atom stereocenters. The maximum atomic E-state index is 11.4. The first-order chi connectivity index (χ1) is 6.09. The summed E-state index contributed by atoms with van der Waals surface area (Å²) in [6.45, 7) is 1.98. The number of thiol groups is 2. The average Bonchev–Trinajstić information content (AvgIpc) is 2.04. The molecule has 1 aromatic carbocycles. The number of carbonyl (C=O) groups excluding carboxylic acids is 1.